The van der Waals surface area contributed by atoms with Crippen molar-refractivity contribution in [3.8, 4) is 0 Å². The molecule has 7 heteroatoms. The molecule has 0 aliphatic rings. The van der Waals surface area contributed by atoms with Gasteiger partial charge in [-0.1, -0.05) is 5.21 Å². The highest BCUT2D eigenvalue weighted by Crippen LogP contribution is 1.81. The van der Waals surface area contributed by atoms with Crippen LogP contribution in [0.1, 0.15) is 6.92 Å². The second kappa shape index (κ2) is 8.66. The Morgan fingerprint density at radius 2 is 2.35 bits per heavy atom. The number of hydrogen-bond acceptors (Lipinski definition) is 6. The first kappa shape index (κ1) is 13.6. The van der Waals surface area contributed by atoms with Crippen LogP contribution in [0.5, 0.6) is 0 Å². The number of carbonyl (C=O) groups excluding carboxylic acids is 1. The summed E-state index contributed by atoms with van der Waals surface area (Å²) in [5.41, 5.74) is 0. The van der Waals surface area contributed by atoms with Gasteiger partial charge in [0.25, 0.3) is 0 Å². The fraction of sp³-hybridized carbons (Fsp3) is 0.700. The Morgan fingerprint density at radius 1 is 1.47 bits per heavy atom. The zero-order valence-corrected chi connectivity index (χ0v) is 9.96. The Labute approximate surface area is 100 Å². The summed E-state index contributed by atoms with van der Waals surface area (Å²) in [7, 11) is 0. The van der Waals surface area contributed by atoms with Crippen LogP contribution in [0.4, 0.5) is 0 Å². The molecule has 96 valence electrons. The molecule has 1 N–H and O–H groups in total. The van der Waals surface area contributed by atoms with Crippen molar-refractivity contribution in [2.24, 2.45) is 0 Å². The van der Waals surface area contributed by atoms with Crippen molar-refractivity contribution in [2.75, 3.05) is 32.9 Å². The number of nitrogens with one attached hydrogen (secondary N) is 1. The van der Waals surface area contributed by atoms with E-state index in [1.807, 2.05) is 0 Å². The van der Waals surface area contributed by atoms with Gasteiger partial charge in [0.1, 0.15) is 6.61 Å². The van der Waals surface area contributed by atoms with Gasteiger partial charge in [0, 0.05) is 19.3 Å². The monoisotopic (exact) mass is 242 g/mol. The zero-order valence-electron chi connectivity index (χ0n) is 9.96. The van der Waals surface area contributed by atoms with Crippen molar-refractivity contribution in [1.82, 2.24) is 20.3 Å². The number of hydrogen-bond donors (Lipinski definition) is 1. The predicted molar refractivity (Wildman–Crippen MR) is 60.3 cm³/mol. The first-order chi connectivity index (χ1) is 8.33. The van der Waals surface area contributed by atoms with Gasteiger partial charge in [-0.3, -0.25) is 4.68 Å². The number of ether oxygens (including phenoxy) is 2. The SMILES string of the molecule is CCOC(=O)COCCNCCn1ccnn1. The fourth-order valence-corrected chi connectivity index (χ4v) is 1.17. The van der Waals surface area contributed by atoms with Crippen LogP contribution in [-0.4, -0.2) is 53.9 Å². The molecule has 1 aromatic rings. The minimum Gasteiger partial charge on any atom is -0.464 e. The summed E-state index contributed by atoms with van der Waals surface area (Å²) >= 11 is 0. The van der Waals surface area contributed by atoms with E-state index in [0.717, 1.165) is 13.1 Å². The molecule has 0 bridgehead atoms. The lowest BCUT2D eigenvalue weighted by Gasteiger charge is -2.05. The average Bonchev–Trinajstić information content (AvgIpc) is 2.81. The molecule has 0 atom stereocenters. The van der Waals surface area contributed by atoms with Crippen LogP contribution in [0.15, 0.2) is 12.4 Å². The van der Waals surface area contributed by atoms with Gasteiger partial charge in [0.2, 0.25) is 0 Å². The van der Waals surface area contributed by atoms with E-state index < -0.39 is 0 Å². The van der Waals surface area contributed by atoms with Crippen molar-refractivity contribution in [1.29, 1.82) is 0 Å². The predicted octanol–water partition coefficient (Wildman–Crippen LogP) is -0.553. The summed E-state index contributed by atoms with van der Waals surface area (Å²) in [5, 5.41) is 10.7. The molecule has 0 saturated carbocycles. The van der Waals surface area contributed by atoms with Crippen LogP contribution < -0.4 is 5.32 Å². The molecule has 1 aromatic heterocycles. The lowest BCUT2D eigenvalue weighted by Crippen LogP contribution is -2.25. The first-order valence-corrected chi connectivity index (χ1v) is 5.61. The molecule has 0 aromatic carbocycles. The molecule has 0 amide bonds. The topological polar surface area (TPSA) is 78.3 Å². The molecule has 0 saturated heterocycles. The number of nitrogens with zero attached hydrogens (tertiary/aromatic N) is 3. The summed E-state index contributed by atoms with van der Waals surface area (Å²) in [6, 6.07) is 0. The maximum Gasteiger partial charge on any atom is 0.332 e. The van der Waals surface area contributed by atoms with Crippen LogP contribution in [0.25, 0.3) is 0 Å². The summed E-state index contributed by atoms with van der Waals surface area (Å²) < 4.78 is 11.6. The largest absolute Gasteiger partial charge is 0.464 e. The van der Waals surface area contributed by atoms with E-state index >= 15 is 0 Å². The molecule has 0 aliphatic heterocycles. The van der Waals surface area contributed by atoms with Gasteiger partial charge in [0.05, 0.1) is 26.0 Å². The van der Waals surface area contributed by atoms with Crippen LogP contribution in [0.3, 0.4) is 0 Å². The maximum atomic E-state index is 10.9. The highest BCUT2D eigenvalue weighted by Gasteiger charge is 2.00. The molecule has 0 aliphatic carbocycles. The normalized spacial score (nSPS) is 10.4. The highest BCUT2D eigenvalue weighted by atomic mass is 16.6. The summed E-state index contributed by atoms with van der Waals surface area (Å²) in [6.45, 7) is 4.88. The standard InChI is InChI=1S/C10H18N4O3/c1-2-17-10(15)9-16-8-5-11-3-6-14-7-4-12-13-14/h4,7,11H,2-3,5-6,8-9H2,1H3. The third-order valence-corrected chi connectivity index (χ3v) is 1.94. The Morgan fingerprint density at radius 3 is 3.06 bits per heavy atom. The lowest BCUT2D eigenvalue weighted by molar-refractivity contribution is -0.148. The maximum absolute atomic E-state index is 10.9. The van der Waals surface area contributed by atoms with Crippen molar-refractivity contribution in [2.45, 2.75) is 13.5 Å². The third-order valence-electron chi connectivity index (χ3n) is 1.94. The Balaban J connectivity index is 1.86. The van der Waals surface area contributed by atoms with Crippen molar-refractivity contribution < 1.29 is 14.3 Å². The van der Waals surface area contributed by atoms with Gasteiger partial charge in [-0.05, 0) is 6.92 Å². The minimum atomic E-state index is -0.324. The third kappa shape index (κ3) is 6.64. The van der Waals surface area contributed by atoms with Crippen molar-refractivity contribution >= 4 is 5.97 Å². The van der Waals surface area contributed by atoms with Crippen LogP contribution in [0.2, 0.25) is 0 Å². The van der Waals surface area contributed by atoms with E-state index in [9.17, 15) is 4.79 Å². The molecule has 1 heterocycles. The molecule has 17 heavy (non-hydrogen) atoms. The Kier molecular flexibility index (Phi) is 6.92. The first-order valence-electron chi connectivity index (χ1n) is 5.61. The zero-order chi connectivity index (χ0) is 12.3. The van der Waals surface area contributed by atoms with Gasteiger partial charge in [-0.15, -0.1) is 5.10 Å². The van der Waals surface area contributed by atoms with Crippen LogP contribution in [-0.2, 0) is 20.8 Å². The molecule has 0 spiro atoms. The Bertz CT molecular complexity index is 303. The number of aromatic nitrogens is 3. The van der Waals surface area contributed by atoms with E-state index in [1.54, 1.807) is 24.0 Å². The van der Waals surface area contributed by atoms with Gasteiger partial charge in [-0.2, -0.15) is 0 Å². The Hall–Kier alpha value is -1.47. The molecule has 0 unspecified atom stereocenters. The fourth-order valence-electron chi connectivity index (χ4n) is 1.17. The van der Waals surface area contributed by atoms with E-state index in [4.69, 9.17) is 9.47 Å². The van der Waals surface area contributed by atoms with E-state index in [2.05, 4.69) is 15.6 Å². The lowest BCUT2D eigenvalue weighted by atomic mass is 10.5. The smallest absolute Gasteiger partial charge is 0.332 e. The molecule has 0 radical (unpaired) electrons. The second-order valence-electron chi connectivity index (χ2n) is 3.27. The van der Waals surface area contributed by atoms with Gasteiger partial charge < -0.3 is 14.8 Å². The van der Waals surface area contributed by atoms with Crippen molar-refractivity contribution in [3.63, 3.8) is 0 Å². The van der Waals surface area contributed by atoms with Gasteiger partial charge in [-0.25, -0.2) is 4.79 Å². The number of esters is 1. The van der Waals surface area contributed by atoms with Gasteiger partial charge >= 0.3 is 5.97 Å². The van der Waals surface area contributed by atoms with Crippen LogP contribution >= 0.6 is 0 Å². The minimum absolute atomic E-state index is 0.0125. The quantitative estimate of drug-likeness (QED) is 0.462. The molecule has 1 rings (SSSR count). The van der Waals surface area contributed by atoms with Crippen LogP contribution in [0, 0.1) is 0 Å². The van der Waals surface area contributed by atoms with E-state index in [-0.39, 0.29) is 12.6 Å². The molecular weight excluding hydrogens is 224 g/mol. The molecule has 7 nitrogen and oxygen atoms in total. The van der Waals surface area contributed by atoms with E-state index in [1.165, 1.54) is 0 Å². The number of carbonyl (C=O) groups is 1. The van der Waals surface area contributed by atoms with Crippen molar-refractivity contribution in [3.05, 3.63) is 12.4 Å². The summed E-state index contributed by atoms with van der Waals surface area (Å²) in [5.74, 6) is -0.324. The second-order valence-corrected chi connectivity index (χ2v) is 3.27. The summed E-state index contributed by atoms with van der Waals surface area (Å²) in [4.78, 5) is 10.9. The van der Waals surface area contributed by atoms with Gasteiger partial charge in [0.15, 0.2) is 0 Å². The summed E-state index contributed by atoms with van der Waals surface area (Å²) in [6.07, 6.45) is 3.45. The molecule has 0 fully saturated rings. The average molecular weight is 242 g/mol. The van der Waals surface area contributed by atoms with E-state index in [0.29, 0.717) is 19.8 Å². The molecular formula is C10H18N4O3. The highest BCUT2D eigenvalue weighted by molar-refractivity contribution is 5.70. The number of rotatable bonds is 9.